The van der Waals surface area contributed by atoms with Crippen molar-refractivity contribution < 1.29 is 15.0 Å². The van der Waals surface area contributed by atoms with Crippen LogP contribution in [0, 0.1) is 0 Å². The molecule has 0 bridgehead atoms. The molecule has 2 N–H and O–H groups in total. The molecule has 0 radical (unpaired) electrons. The number of phenols is 1. The second kappa shape index (κ2) is 8.08. The number of aryl methyl sites for hydroxylation is 1. The van der Waals surface area contributed by atoms with Crippen LogP contribution in [0.5, 0.6) is 5.75 Å². The molecule has 0 aliphatic rings. The molecule has 3 rings (SSSR count). The summed E-state index contributed by atoms with van der Waals surface area (Å²) in [4.78, 5) is 17.3. The van der Waals surface area contributed by atoms with E-state index in [-0.39, 0.29) is 12.3 Å². The molecule has 0 spiro atoms. The van der Waals surface area contributed by atoms with Gasteiger partial charge < -0.3 is 15.1 Å². The molecule has 0 fully saturated rings. The molecule has 0 atom stereocenters. The Kier molecular flexibility index (Phi) is 5.60. The molecule has 0 aliphatic carbocycles. The van der Waals surface area contributed by atoms with Gasteiger partial charge in [0, 0.05) is 18.0 Å². The fraction of sp³-hybridized carbons (Fsp3) is 0.273. The Hall–Kier alpha value is -3.08. The normalized spacial score (nSPS) is 10.9. The number of para-hydroxylation sites is 1. The van der Waals surface area contributed by atoms with Gasteiger partial charge in [-0.1, -0.05) is 37.6 Å². The van der Waals surface area contributed by atoms with Gasteiger partial charge >= 0.3 is 5.97 Å². The Morgan fingerprint density at radius 3 is 2.59 bits per heavy atom. The lowest BCUT2D eigenvalue weighted by atomic mass is 9.97. The van der Waals surface area contributed by atoms with Crippen molar-refractivity contribution in [2.45, 2.75) is 26.2 Å². The number of hydrogen-bond acceptors (Lipinski definition) is 4. The SMILES string of the molecule is CCCCc1ccc2nc(N(C)CC(=O)O)cc(-c3ccccc3O)c2c1. The summed E-state index contributed by atoms with van der Waals surface area (Å²) in [6.07, 6.45) is 3.24. The largest absolute Gasteiger partial charge is 0.507 e. The molecule has 0 aliphatic heterocycles. The molecule has 5 nitrogen and oxygen atoms in total. The summed E-state index contributed by atoms with van der Waals surface area (Å²) in [5.41, 5.74) is 3.57. The van der Waals surface area contributed by atoms with E-state index in [1.54, 1.807) is 24.1 Å². The predicted octanol–water partition coefficient (Wildman–Crippen LogP) is 4.47. The van der Waals surface area contributed by atoms with Crippen LogP contribution in [-0.2, 0) is 11.2 Å². The lowest BCUT2D eigenvalue weighted by Gasteiger charge is -2.19. The monoisotopic (exact) mass is 364 g/mol. The zero-order valence-corrected chi connectivity index (χ0v) is 15.6. The summed E-state index contributed by atoms with van der Waals surface area (Å²) >= 11 is 0. The Balaban J connectivity index is 2.19. The molecule has 0 amide bonds. The third-order valence-electron chi connectivity index (χ3n) is 4.64. The van der Waals surface area contributed by atoms with Crippen molar-refractivity contribution in [2.24, 2.45) is 0 Å². The van der Waals surface area contributed by atoms with E-state index in [1.807, 2.05) is 24.3 Å². The minimum atomic E-state index is -0.918. The Labute approximate surface area is 158 Å². The number of anilines is 1. The summed E-state index contributed by atoms with van der Waals surface area (Å²) < 4.78 is 0. The van der Waals surface area contributed by atoms with Crippen LogP contribution >= 0.6 is 0 Å². The van der Waals surface area contributed by atoms with Gasteiger partial charge in [-0.2, -0.15) is 0 Å². The molecular weight excluding hydrogens is 340 g/mol. The zero-order valence-electron chi connectivity index (χ0n) is 15.6. The van der Waals surface area contributed by atoms with Gasteiger partial charge in [0.05, 0.1) is 5.52 Å². The maximum Gasteiger partial charge on any atom is 0.323 e. The summed E-state index contributed by atoms with van der Waals surface area (Å²) in [5, 5.41) is 20.4. The number of phenolic OH excluding ortho intramolecular Hbond substituents is 1. The fourth-order valence-corrected chi connectivity index (χ4v) is 3.20. The van der Waals surface area contributed by atoms with Crippen molar-refractivity contribution in [3.8, 4) is 16.9 Å². The fourth-order valence-electron chi connectivity index (χ4n) is 3.20. The number of aliphatic carboxylic acids is 1. The van der Waals surface area contributed by atoms with Gasteiger partial charge in [-0.15, -0.1) is 0 Å². The van der Waals surface area contributed by atoms with E-state index in [0.717, 1.165) is 35.7 Å². The number of benzene rings is 2. The number of unbranched alkanes of at least 4 members (excludes halogenated alkanes) is 1. The van der Waals surface area contributed by atoms with Gasteiger partial charge in [0.25, 0.3) is 0 Å². The third kappa shape index (κ3) is 4.19. The average Bonchev–Trinajstić information content (AvgIpc) is 2.65. The highest BCUT2D eigenvalue weighted by molar-refractivity contribution is 5.98. The van der Waals surface area contributed by atoms with Crippen molar-refractivity contribution in [3.63, 3.8) is 0 Å². The maximum atomic E-state index is 11.1. The van der Waals surface area contributed by atoms with Crippen LogP contribution in [0.4, 0.5) is 5.82 Å². The van der Waals surface area contributed by atoms with Crippen molar-refractivity contribution in [1.29, 1.82) is 0 Å². The van der Waals surface area contributed by atoms with E-state index in [2.05, 4.69) is 24.0 Å². The van der Waals surface area contributed by atoms with Gasteiger partial charge in [0.2, 0.25) is 0 Å². The molecule has 3 aromatic rings. The van der Waals surface area contributed by atoms with Crippen LogP contribution in [-0.4, -0.2) is 34.8 Å². The molecule has 0 saturated carbocycles. The molecule has 1 aromatic heterocycles. The lowest BCUT2D eigenvalue weighted by molar-refractivity contribution is -0.135. The standard InChI is InChI=1S/C22H24N2O3/c1-3-4-7-15-10-11-19-18(12-15)17(16-8-5-6-9-20(16)25)13-21(23-19)24(2)14-22(26)27/h5-6,8-13,25H,3-4,7,14H2,1-2H3,(H,26,27). The number of carboxylic acids is 1. The first kappa shape index (κ1) is 18.7. The molecule has 5 heteroatoms. The molecule has 0 saturated heterocycles. The van der Waals surface area contributed by atoms with Crippen molar-refractivity contribution >= 4 is 22.7 Å². The Morgan fingerprint density at radius 1 is 1.11 bits per heavy atom. The van der Waals surface area contributed by atoms with E-state index in [4.69, 9.17) is 5.11 Å². The summed E-state index contributed by atoms with van der Waals surface area (Å²) in [6.45, 7) is 2.02. The second-order valence-electron chi connectivity index (χ2n) is 6.75. The highest BCUT2D eigenvalue weighted by atomic mass is 16.4. The number of carbonyl (C=O) groups is 1. The first-order chi connectivity index (χ1) is 13.0. The quantitative estimate of drug-likeness (QED) is 0.647. The number of hydrogen-bond donors (Lipinski definition) is 2. The van der Waals surface area contributed by atoms with E-state index >= 15 is 0 Å². The van der Waals surface area contributed by atoms with E-state index in [1.165, 1.54) is 5.56 Å². The molecule has 140 valence electrons. The van der Waals surface area contributed by atoms with Gasteiger partial charge in [0.15, 0.2) is 0 Å². The van der Waals surface area contributed by atoms with Crippen LogP contribution in [0.25, 0.3) is 22.0 Å². The molecule has 27 heavy (non-hydrogen) atoms. The average molecular weight is 364 g/mol. The summed E-state index contributed by atoms with van der Waals surface area (Å²) in [7, 11) is 1.70. The van der Waals surface area contributed by atoms with Gasteiger partial charge in [-0.3, -0.25) is 4.79 Å². The number of pyridine rings is 1. The van der Waals surface area contributed by atoms with Crippen LogP contribution in [0.1, 0.15) is 25.3 Å². The van der Waals surface area contributed by atoms with Crippen molar-refractivity contribution in [2.75, 3.05) is 18.5 Å². The molecular formula is C22H24N2O3. The number of aromatic hydroxyl groups is 1. The summed E-state index contributed by atoms with van der Waals surface area (Å²) in [6, 6.07) is 15.2. The minimum Gasteiger partial charge on any atom is -0.507 e. The maximum absolute atomic E-state index is 11.1. The molecule has 1 heterocycles. The molecule has 2 aromatic carbocycles. The smallest absolute Gasteiger partial charge is 0.323 e. The van der Waals surface area contributed by atoms with E-state index in [9.17, 15) is 9.90 Å². The molecule has 0 unspecified atom stereocenters. The lowest BCUT2D eigenvalue weighted by Crippen LogP contribution is -2.26. The van der Waals surface area contributed by atoms with Gasteiger partial charge in [0.1, 0.15) is 18.1 Å². The third-order valence-corrected chi connectivity index (χ3v) is 4.64. The highest BCUT2D eigenvalue weighted by Gasteiger charge is 2.15. The van der Waals surface area contributed by atoms with Crippen LogP contribution in [0.2, 0.25) is 0 Å². The number of nitrogens with zero attached hydrogens (tertiary/aromatic N) is 2. The first-order valence-electron chi connectivity index (χ1n) is 9.14. The second-order valence-corrected chi connectivity index (χ2v) is 6.75. The van der Waals surface area contributed by atoms with E-state index in [0.29, 0.717) is 11.4 Å². The van der Waals surface area contributed by atoms with Crippen LogP contribution < -0.4 is 4.90 Å². The number of fused-ring (bicyclic) bond motifs is 1. The minimum absolute atomic E-state index is 0.146. The summed E-state index contributed by atoms with van der Waals surface area (Å²) in [5.74, 6) is -0.168. The number of rotatable bonds is 7. The van der Waals surface area contributed by atoms with Crippen LogP contribution in [0.3, 0.4) is 0 Å². The Bertz CT molecular complexity index is 969. The van der Waals surface area contributed by atoms with E-state index < -0.39 is 5.97 Å². The highest BCUT2D eigenvalue weighted by Crippen LogP contribution is 2.36. The van der Waals surface area contributed by atoms with Gasteiger partial charge in [-0.05, 0) is 48.2 Å². The number of carboxylic acid groups (broad SMARTS) is 1. The Morgan fingerprint density at radius 2 is 1.89 bits per heavy atom. The van der Waals surface area contributed by atoms with Crippen molar-refractivity contribution in [3.05, 3.63) is 54.1 Å². The van der Waals surface area contributed by atoms with Crippen LogP contribution in [0.15, 0.2) is 48.5 Å². The first-order valence-corrected chi connectivity index (χ1v) is 9.14. The number of likely N-dealkylation sites (N-methyl/N-ethyl adjacent to an activating group) is 1. The van der Waals surface area contributed by atoms with Gasteiger partial charge in [-0.25, -0.2) is 4.98 Å². The van der Waals surface area contributed by atoms with Crippen molar-refractivity contribution in [1.82, 2.24) is 4.98 Å². The zero-order chi connectivity index (χ0) is 19.4. The number of aromatic nitrogens is 1. The predicted molar refractivity (Wildman–Crippen MR) is 108 cm³/mol. The topological polar surface area (TPSA) is 73.7 Å².